The highest BCUT2D eigenvalue weighted by Crippen LogP contribution is 2.31. The average molecular weight is 286 g/mol. The van der Waals surface area contributed by atoms with Crippen molar-refractivity contribution in [2.45, 2.75) is 19.8 Å². The lowest BCUT2D eigenvalue weighted by Gasteiger charge is -2.30. The van der Waals surface area contributed by atoms with E-state index in [1.165, 1.54) is 24.6 Å². The van der Waals surface area contributed by atoms with E-state index in [1.54, 1.807) is 0 Å². The fourth-order valence-electron chi connectivity index (χ4n) is 2.43. The van der Waals surface area contributed by atoms with Crippen molar-refractivity contribution in [3.63, 3.8) is 0 Å². The summed E-state index contributed by atoms with van der Waals surface area (Å²) in [6, 6.07) is 9.93. The van der Waals surface area contributed by atoms with Crippen molar-refractivity contribution < 1.29 is 4.79 Å². The third kappa shape index (κ3) is 2.96. The van der Waals surface area contributed by atoms with Crippen LogP contribution in [0.5, 0.6) is 0 Å². The van der Waals surface area contributed by atoms with E-state index in [1.807, 2.05) is 36.4 Å². The summed E-state index contributed by atoms with van der Waals surface area (Å²) in [5.74, 6) is 0.681. The van der Waals surface area contributed by atoms with Gasteiger partial charge in [0.25, 0.3) is 5.91 Å². The first-order chi connectivity index (χ1) is 9.72. The van der Waals surface area contributed by atoms with Crippen LogP contribution in [0.2, 0.25) is 0 Å². The van der Waals surface area contributed by atoms with E-state index in [-0.39, 0.29) is 5.91 Å². The number of carbonyl (C=O) groups excluding carboxylic acids is 1. The quantitative estimate of drug-likeness (QED) is 0.742. The summed E-state index contributed by atoms with van der Waals surface area (Å²) < 4.78 is 0. The molecule has 1 aromatic rings. The fraction of sp³-hybridized carbons (Fsp3) is 0.375. The zero-order valence-electron chi connectivity index (χ0n) is 11.6. The third-order valence-corrected chi connectivity index (χ3v) is 4.81. The maximum absolute atomic E-state index is 12.0. The van der Waals surface area contributed by atoms with E-state index >= 15 is 0 Å². The minimum atomic E-state index is -0.104. The number of likely N-dealkylation sites (tertiary alicyclic amines) is 1. The summed E-state index contributed by atoms with van der Waals surface area (Å²) in [5.41, 5.74) is 1.05. The van der Waals surface area contributed by atoms with Crippen LogP contribution in [-0.4, -0.2) is 29.1 Å². The number of hydrogen-bond acceptors (Lipinski definition) is 3. The highest BCUT2D eigenvalue weighted by Gasteiger charge is 2.27. The first-order valence-corrected chi connectivity index (χ1v) is 7.86. The molecule has 20 heavy (non-hydrogen) atoms. The van der Waals surface area contributed by atoms with Crippen molar-refractivity contribution in [1.82, 2.24) is 4.90 Å². The van der Waals surface area contributed by atoms with Gasteiger partial charge in [0, 0.05) is 13.1 Å². The van der Waals surface area contributed by atoms with Crippen LogP contribution < -0.4 is 0 Å². The van der Waals surface area contributed by atoms with Gasteiger partial charge in [0.2, 0.25) is 0 Å². The van der Waals surface area contributed by atoms with Gasteiger partial charge >= 0.3 is 0 Å². The maximum atomic E-state index is 12.0. The number of thioether (sulfide) groups is 1. The molecule has 2 aliphatic heterocycles. The Morgan fingerprint density at radius 1 is 1.25 bits per heavy atom. The summed E-state index contributed by atoms with van der Waals surface area (Å²) in [7, 11) is 0. The van der Waals surface area contributed by atoms with E-state index < -0.39 is 0 Å². The van der Waals surface area contributed by atoms with Crippen molar-refractivity contribution in [3.05, 3.63) is 40.8 Å². The first-order valence-electron chi connectivity index (χ1n) is 7.05. The van der Waals surface area contributed by atoms with Crippen molar-refractivity contribution >= 4 is 28.9 Å². The molecule has 1 fully saturated rings. The Morgan fingerprint density at radius 3 is 2.65 bits per heavy atom. The second-order valence-electron chi connectivity index (χ2n) is 5.39. The monoisotopic (exact) mass is 286 g/mol. The molecule has 1 amide bonds. The van der Waals surface area contributed by atoms with E-state index in [2.05, 4.69) is 16.8 Å². The average Bonchev–Trinajstić information content (AvgIpc) is 2.82. The molecule has 1 saturated heterocycles. The summed E-state index contributed by atoms with van der Waals surface area (Å²) in [6.07, 6.45) is 4.30. The van der Waals surface area contributed by atoms with Crippen LogP contribution in [0.25, 0.3) is 6.08 Å². The lowest BCUT2D eigenvalue weighted by atomic mass is 10.00. The van der Waals surface area contributed by atoms with Crippen LogP contribution in [0.15, 0.2) is 40.2 Å². The Bertz CT molecular complexity index is 557. The molecular formula is C16H18N2OS. The smallest absolute Gasteiger partial charge is 0.286 e. The van der Waals surface area contributed by atoms with Crippen LogP contribution in [0.4, 0.5) is 0 Å². The Morgan fingerprint density at radius 2 is 1.95 bits per heavy atom. The lowest BCUT2D eigenvalue weighted by molar-refractivity contribution is -0.113. The van der Waals surface area contributed by atoms with Crippen LogP contribution in [0.3, 0.4) is 0 Å². The number of amidine groups is 1. The van der Waals surface area contributed by atoms with Gasteiger partial charge in [-0.2, -0.15) is 4.99 Å². The number of amides is 1. The summed E-state index contributed by atoms with van der Waals surface area (Å²) in [5, 5.41) is 0.879. The zero-order valence-corrected chi connectivity index (χ0v) is 12.4. The van der Waals surface area contributed by atoms with Crippen molar-refractivity contribution in [3.8, 4) is 0 Å². The second kappa shape index (κ2) is 5.83. The largest absolute Gasteiger partial charge is 0.351 e. The first kappa shape index (κ1) is 13.4. The van der Waals surface area contributed by atoms with Gasteiger partial charge in [-0.3, -0.25) is 4.79 Å². The van der Waals surface area contributed by atoms with Crippen molar-refractivity contribution in [2.24, 2.45) is 10.9 Å². The number of carbonyl (C=O) groups is 1. The molecule has 2 aliphatic rings. The molecule has 0 radical (unpaired) electrons. The van der Waals surface area contributed by atoms with Gasteiger partial charge in [0.1, 0.15) is 0 Å². The van der Waals surface area contributed by atoms with Crippen molar-refractivity contribution in [1.29, 1.82) is 0 Å². The maximum Gasteiger partial charge on any atom is 0.286 e. The molecule has 0 saturated carbocycles. The highest BCUT2D eigenvalue weighted by atomic mass is 32.2. The molecule has 104 valence electrons. The van der Waals surface area contributed by atoms with Gasteiger partial charge in [0.15, 0.2) is 5.17 Å². The van der Waals surface area contributed by atoms with Gasteiger partial charge in [0.05, 0.1) is 4.91 Å². The normalized spacial score (nSPS) is 22.4. The molecule has 0 N–H and O–H groups in total. The Labute approximate surface area is 123 Å². The molecule has 1 aromatic carbocycles. The predicted molar refractivity (Wildman–Crippen MR) is 84.4 cm³/mol. The number of benzene rings is 1. The van der Waals surface area contributed by atoms with Gasteiger partial charge < -0.3 is 4.90 Å². The molecule has 0 aliphatic carbocycles. The molecule has 0 unspecified atom stereocenters. The molecule has 0 bridgehead atoms. The predicted octanol–water partition coefficient (Wildman–Crippen LogP) is 3.39. The summed E-state index contributed by atoms with van der Waals surface area (Å²) in [4.78, 5) is 19.2. The van der Waals surface area contributed by atoms with Gasteiger partial charge in [-0.25, -0.2) is 0 Å². The number of rotatable bonds is 1. The highest BCUT2D eigenvalue weighted by molar-refractivity contribution is 8.18. The number of aliphatic imine (C=N–C) groups is 1. The van der Waals surface area contributed by atoms with Gasteiger partial charge in [-0.15, -0.1) is 0 Å². The molecule has 0 spiro atoms. The topological polar surface area (TPSA) is 32.7 Å². The fourth-order valence-corrected chi connectivity index (χ4v) is 3.40. The molecule has 3 nitrogen and oxygen atoms in total. The summed E-state index contributed by atoms with van der Waals surface area (Å²) in [6.45, 7) is 4.31. The molecule has 3 rings (SSSR count). The minimum absolute atomic E-state index is 0.104. The van der Waals surface area contributed by atoms with Gasteiger partial charge in [-0.1, -0.05) is 37.3 Å². The Balaban J connectivity index is 1.71. The molecule has 0 atom stereocenters. The lowest BCUT2D eigenvalue weighted by Crippen LogP contribution is -2.35. The molecule has 2 heterocycles. The number of piperidine rings is 1. The molecule has 4 heteroatoms. The van der Waals surface area contributed by atoms with E-state index in [0.29, 0.717) is 0 Å². The van der Waals surface area contributed by atoms with Crippen molar-refractivity contribution in [2.75, 3.05) is 13.1 Å². The second-order valence-corrected chi connectivity index (χ2v) is 6.40. The third-order valence-electron chi connectivity index (χ3n) is 3.76. The van der Waals surface area contributed by atoms with Gasteiger partial charge in [-0.05, 0) is 42.2 Å². The minimum Gasteiger partial charge on any atom is -0.351 e. The molecule has 0 aromatic heterocycles. The zero-order chi connectivity index (χ0) is 13.9. The van der Waals surface area contributed by atoms with E-state index in [0.717, 1.165) is 34.6 Å². The Hall–Kier alpha value is -1.55. The standard InChI is InChI=1S/C16H18N2OS/c1-12-7-9-18(10-8-12)16-17-15(19)14(20-16)11-13-5-3-2-4-6-13/h2-6,11-12H,7-10H2,1H3/b14-11-. The van der Waals surface area contributed by atoms with Crippen LogP contribution in [-0.2, 0) is 4.79 Å². The van der Waals surface area contributed by atoms with E-state index in [4.69, 9.17) is 0 Å². The van der Waals surface area contributed by atoms with E-state index in [9.17, 15) is 4.79 Å². The van der Waals surface area contributed by atoms with Crippen LogP contribution >= 0.6 is 11.8 Å². The van der Waals surface area contributed by atoms with Crippen LogP contribution in [0.1, 0.15) is 25.3 Å². The SMILES string of the molecule is CC1CCN(C2=NC(=O)/C(=C/c3ccccc3)S2)CC1. The Kier molecular flexibility index (Phi) is 3.92. The summed E-state index contributed by atoms with van der Waals surface area (Å²) >= 11 is 1.51. The number of hydrogen-bond donors (Lipinski definition) is 0. The number of nitrogens with zero attached hydrogens (tertiary/aromatic N) is 2. The van der Waals surface area contributed by atoms with Crippen LogP contribution in [0, 0.1) is 5.92 Å². The molecular weight excluding hydrogens is 268 g/mol.